The lowest BCUT2D eigenvalue weighted by molar-refractivity contribution is -0.0513. The minimum Gasteiger partial charge on any atom is -0.497 e. The molecule has 1 N–H and O–H groups in total. The minimum atomic E-state index is -0.596. The molecule has 2 aromatic carbocycles. The molecule has 0 aliphatic carbocycles. The van der Waals surface area contributed by atoms with Gasteiger partial charge in [0.2, 0.25) is 0 Å². The van der Waals surface area contributed by atoms with Crippen molar-refractivity contribution in [3.8, 4) is 5.75 Å². The van der Waals surface area contributed by atoms with Crippen LogP contribution in [-0.4, -0.2) is 24.4 Å². The molecule has 0 aliphatic heterocycles. The summed E-state index contributed by atoms with van der Waals surface area (Å²) < 4.78 is 11.0. The van der Waals surface area contributed by atoms with Gasteiger partial charge in [0.05, 0.1) is 25.9 Å². The lowest BCUT2D eigenvalue weighted by Gasteiger charge is -2.26. The molecule has 0 aromatic heterocycles. The van der Waals surface area contributed by atoms with Gasteiger partial charge in [0, 0.05) is 5.92 Å². The molecule has 0 amide bonds. The maximum Gasteiger partial charge on any atom is 0.118 e. The zero-order chi connectivity index (χ0) is 17.4. The van der Waals surface area contributed by atoms with Crippen LogP contribution in [0.3, 0.4) is 0 Å². The van der Waals surface area contributed by atoms with Crippen molar-refractivity contribution < 1.29 is 14.6 Å². The van der Waals surface area contributed by atoms with Crippen molar-refractivity contribution in [1.29, 1.82) is 0 Å². The Balaban J connectivity index is 1.89. The van der Waals surface area contributed by atoms with E-state index in [9.17, 15) is 5.11 Å². The zero-order valence-electron chi connectivity index (χ0n) is 14.4. The lowest BCUT2D eigenvalue weighted by atomic mass is 9.91. The molecule has 24 heavy (non-hydrogen) atoms. The predicted molar refractivity (Wildman–Crippen MR) is 97.1 cm³/mol. The molecule has 0 spiro atoms. The average Bonchev–Trinajstić information content (AvgIpc) is 2.64. The smallest absolute Gasteiger partial charge is 0.118 e. The summed E-state index contributed by atoms with van der Waals surface area (Å²) in [5, 5.41) is 10.6. The van der Waals surface area contributed by atoms with Crippen molar-refractivity contribution in [2.45, 2.75) is 32.2 Å². The van der Waals surface area contributed by atoms with Gasteiger partial charge in [0.25, 0.3) is 0 Å². The topological polar surface area (TPSA) is 38.7 Å². The Morgan fingerprint density at radius 1 is 1.04 bits per heavy atom. The van der Waals surface area contributed by atoms with Crippen LogP contribution in [0.2, 0.25) is 0 Å². The van der Waals surface area contributed by atoms with E-state index in [1.54, 1.807) is 7.11 Å². The van der Waals surface area contributed by atoms with Gasteiger partial charge in [0.1, 0.15) is 5.75 Å². The molecule has 0 unspecified atom stereocenters. The number of rotatable bonds is 9. The van der Waals surface area contributed by atoms with Crippen molar-refractivity contribution in [2.24, 2.45) is 5.92 Å². The van der Waals surface area contributed by atoms with Gasteiger partial charge in [-0.2, -0.15) is 0 Å². The van der Waals surface area contributed by atoms with Crippen LogP contribution in [0, 0.1) is 5.92 Å². The minimum absolute atomic E-state index is 0.0433. The van der Waals surface area contributed by atoms with Gasteiger partial charge in [-0.05, 0) is 36.6 Å². The second-order valence-electron chi connectivity index (χ2n) is 5.94. The molecule has 0 aliphatic rings. The Hall–Kier alpha value is -2.10. The first-order valence-corrected chi connectivity index (χ1v) is 8.23. The average molecular weight is 326 g/mol. The second kappa shape index (κ2) is 9.26. The van der Waals surface area contributed by atoms with E-state index >= 15 is 0 Å². The van der Waals surface area contributed by atoms with E-state index in [1.165, 1.54) is 5.56 Å². The van der Waals surface area contributed by atoms with Crippen LogP contribution in [0.25, 0.3) is 0 Å². The Morgan fingerprint density at radius 3 is 2.29 bits per heavy atom. The first kappa shape index (κ1) is 18.2. The second-order valence-corrected chi connectivity index (χ2v) is 5.94. The largest absolute Gasteiger partial charge is 0.497 e. The Kier molecular flexibility index (Phi) is 7.04. The Labute approximate surface area is 144 Å². The first-order valence-electron chi connectivity index (χ1n) is 8.23. The van der Waals surface area contributed by atoms with Crippen LogP contribution in [0.4, 0.5) is 0 Å². The third-order valence-electron chi connectivity index (χ3n) is 4.21. The monoisotopic (exact) mass is 326 g/mol. The highest BCUT2D eigenvalue weighted by Gasteiger charge is 2.23. The van der Waals surface area contributed by atoms with E-state index in [-0.39, 0.29) is 12.0 Å². The summed E-state index contributed by atoms with van der Waals surface area (Å²) in [7, 11) is 1.64. The summed E-state index contributed by atoms with van der Waals surface area (Å²) in [6.07, 6.45) is 1.69. The van der Waals surface area contributed by atoms with E-state index in [2.05, 4.69) is 18.7 Å². The molecular weight excluding hydrogens is 300 g/mol. The number of aliphatic hydroxyl groups excluding tert-OH is 1. The maximum atomic E-state index is 10.6. The molecule has 0 radical (unpaired) electrons. The highest BCUT2D eigenvalue weighted by Crippen LogP contribution is 2.19. The van der Waals surface area contributed by atoms with Crippen LogP contribution >= 0.6 is 0 Å². The SMILES string of the molecule is C=C[C@H](Cc1ccccc1)[C@@H](O)[C@H](C)OCc1ccc(OC)cc1. The normalized spacial score (nSPS) is 14.6. The summed E-state index contributed by atoms with van der Waals surface area (Å²) in [6.45, 7) is 6.22. The number of hydrogen-bond acceptors (Lipinski definition) is 3. The van der Waals surface area contributed by atoms with Gasteiger partial charge in [-0.15, -0.1) is 6.58 Å². The van der Waals surface area contributed by atoms with E-state index in [1.807, 2.05) is 55.5 Å². The summed E-state index contributed by atoms with van der Waals surface area (Å²) in [5.41, 5.74) is 2.23. The zero-order valence-corrected chi connectivity index (χ0v) is 14.4. The van der Waals surface area contributed by atoms with Crippen molar-refractivity contribution >= 4 is 0 Å². The van der Waals surface area contributed by atoms with Crippen molar-refractivity contribution in [1.82, 2.24) is 0 Å². The van der Waals surface area contributed by atoms with E-state index in [4.69, 9.17) is 9.47 Å². The molecule has 0 bridgehead atoms. The van der Waals surface area contributed by atoms with Gasteiger partial charge in [0.15, 0.2) is 0 Å². The van der Waals surface area contributed by atoms with Gasteiger partial charge in [-0.25, -0.2) is 0 Å². The quantitative estimate of drug-likeness (QED) is 0.708. The van der Waals surface area contributed by atoms with Gasteiger partial charge < -0.3 is 14.6 Å². The highest BCUT2D eigenvalue weighted by atomic mass is 16.5. The van der Waals surface area contributed by atoms with Crippen molar-refractivity contribution in [3.05, 3.63) is 78.4 Å². The number of methoxy groups -OCH3 is 1. The first-order chi connectivity index (χ1) is 11.6. The molecule has 0 heterocycles. The standard InChI is InChI=1S/C21H26O3/c1-4-19(14-17-8-6-5-7-9-17)21(22)16(2)24-15-18-10-12-20(23-3)13-11-18/h4-13,16,19,21-22H,1,14-15H2,2-3H3/t16-,19+,21-/m0/s1. The van der Waals surface area contributed by atoms with Crippen LogP contribution < -0.4 is 4.74 Å². The van der Waals surface area contributed by atoms with Gasteiger partial charge in [-0.3, -0.25) is 0 Å². The molecule has 0 fully saturated rings. The van der Waals surface area contributed by atoms with Crippen LogP contribution in [-0.2, 0) is 17.8 Å². The molecule has 2 rings (SSSR count). The molecule has 3 atom stereocenters. The highest BCUT2D eigenvalue weighted by molar-refractivity contribution is 5.26. The molecule has 128 valence electrons. The summed E-state index contributed by atoms with van der Waals surface area (Å²) in [6, 6.07) is 17.9. The third kappa shape index (κ3) is 5.22. The lowest BCUT2D eigenvalue weighted by Crippen LogP contribution is -2.33. The summed E-state index contributed by atoms with van der Waals surface area (Å²) in [4.78, 5) is 0. The molecule has 3 heteroatoms. The van der Waals surface area contributed by atoms with Crippen molar-refractivity contribution in [3.63, 3.8) is 0 Å². The maximum absolute atomic E-state index is 10.6. The van der Waals surface area contributed by atoms with Crippen LogP contribution in [0.5, 0.6) is 5.75 Å². The van der Waals surface area contributed by atoms with Crippen molar-refractivity contribution in [2.75, 3.05) is 7.11 Å². The number of benzene rings is 2. The fraction of sp³-hybridized carbons (Fsp3) is 0.333. The van der Waals surface area contributed by atoms with E-state index < -0.39 is 6.10 Å². The number of ether oxygens (including phenoxy) is 2. The molecule has 3 nitrogen and oxygen atoms in total. The third-order valence-corrected chi connectivity index (χ3v) is 4.21. The Morgan fingerprint density at radius 2 is 1.71 bits per heavy atom. The number of hydrogen-bond donors (Lipinski definition) is 1. The van der Waals surface area contributed by atoms with Gasteiger partial charge >= 0.3 is 0 Å². The molecular formula is C21H26O3. The molecule has 2 aromatic rings. The Bertz CT molecular complexity index is 607. The summed E-state index contributed by atoms with van der Waals surface area (Å²) >= 11 is 0. The fourth-order valence-corrected chi connectivity index (χ4v) is 2.63. The fourth-order valence-electron chi connectivity index (χ4n) is 2.63. The van der Waals surface area contributed by atoms with E-state index in [0.29, 0.717) is 6.61 Å². The van der Waals surface area contributed by atoms with E-state index in [0.717, 1.165) is 17.7 Å². The number of aliphatic hydroxyl groups is 1. The molecule has 0 saturated heterocycles. The van der Waals surface area contributed by atoms with Crippen LogP contribution in [0.1, 0.15) is 18.1 Å². The molecule has 0 saturated carbocycles. The van der Waals surface area contributed by atoms with Gasteiger partial charge in [-0.1, -0.05) is 48.5 Å². The van der Waals surface area contributed by atoms with Crippen LogP contribution in [0.15, 0.2) is 67.3 Å². The summed E-state index contributed by atoms with van der Waals surface area (Å²) in [5.74, 6) is 0.777. The predicted octanol–water partition coefficient (Wildman–Crippen LogP) is 4.01.